The summed E-state index contributed by atoms with van der Waals surface area (Å²) in [7, 11) is -3.50. The van der Waals surface area contributed by atoms with Crippen molar-refractivity contribution in [2.24, 2.45) is 0 Å². The van der Waals surface area contributed by atoms with Gasteiger partial charge in [0.2, 0.25) is 5.88 Å². The van der Waals surface area contributed by atoms with Crippen LogP contribution in [-0.4, -0.2) is 53.6 Å². The number of thiazole rings is 1. The highest BCUT2D eigenvalue weighted by Gasteiger charge is 2.31. The zero-order valence-electron chi connectivity index (χ0n) is 15.0. The first-order valence-electron chi connectivity index (χ1n) is 8.63. The molecule has 1 saturated heterocycles. The minimum absolute atomic E-state index is 0.141. The number of aromatic hydroxyl groups is 1. The molecule has 1 atom stereocenters. The predicted molar refractivity (Wildman–Crippen MR) is 107 cm³/mol. The summed E-state index contributed by atoms with van der Waals surface area (Å²) in [6, 6.07) is 8.63. The largest absolute Gasteiger partial charge is 0.493 e. The van der Waals surface area contributed by atoms with Gasteiger partial charge in [-0.25, -0.2) is 18.4 Å². The van der Waals surface area contributed by atoms with Gasteiger partial charge in [0.15, 0.2) is 15.0 Å². The average Bonchev–Trinajstić information content (AvgIpc) is 3.37. The molecule has 1 amide bonds. The Bertz CT molecular complexity index is 1200. The zero-order valence-corrected chi connectivity index (χ0v) is 16.6. The van der Waals surface area contributed by atoms with Crippen LogP contribution in [0.3, 0.4) is 0 Å². The molecule has 0 bridgehead atoms. The predicted octanol–water partition coefficient (Wildman–Crippen LogP) is 1.97. The van der Waals surface area contributed by atoms with Gasteiger partial charge in [-0.05, 0) is 24.6 Å². The van der Waals surface area contributed by atoms with Crippen LogP contribution in [0.1, 0.15) is 12.0 Å². The molecule has 3 heterocycles. The van der Waals surface area contributed by atoms with Crippen LogP contribution in [0, 0.1) is 5.41 Å². The van der Waals surface area contributed by atoms with Crippen molar-refractivity contribution in [2.45, 2.75) is 16.6 Å². The standard InChI is InChI=1S/C18H16N4O5S2/c19-15(16(24)22-18-20-13-5-6-14(23)21-17(13)28-18)10-1-3-11(4-2-10)29(25,26)12-7-8-27-9-12/h1-6,12,19H,7-9H2,(H,21,23)(H,20,22,24)/t12-/m0/s1. The number of hydrogen-bond acceptors (Lipinski definition) is 9. The number of hydrogen-bond donors (Lipinski definition) is 3. The summed E-state index contributed by atoms with van der Waals surface area (Å²) in [4.78, 5) is 21.1. The van der Waals surface area contributed by atoms with E-state index in [4.69, 9.17) is 10.1 Å². The molecule has 1 aliphatic heterocycles. The Morgan fingerprint density at radius 3 is 2.66 bits per heavy atom. The number of amides is 1. The van der Waals surface area contributed by atoms with Gasteiger partial charge in [-0.2, -0.15) is 0 Å². The molecule has 0 unspecified atom stereocenters. The average molecular weight is 432 g/mol. The first-order chi connectivity index (χ1) is 13.8. The van der Waals surface area contributed by atoms with Crippen LogP contribution < -0.4 is 5.32 Å². The van der Waals surface area contributed by atoms with Crippen LogP contribution in [0.5, 0.6) is 5.88 Å². The topological polar surface area (TPSA) is 142 Å². The molecule has 3 aromatic rings. The lowest BCUT2D eigenvalue weighted by atomic mass is 10.1. The van der Waals surface area contributed by atoms with Crippen molar-refractivity contribution in [3.63, 3.8) is 0 Å². The fourth-order valence-corrected chi connectivity index (χ4v) is 5.32. The second-order valence-electron chi connectivity index (χ2n) is 6.40. The monoisotopic (exact) mass is 432 g/mol. The molecule has 0 radical (unpaired) electrons. The number of carbonyl (C=O) groups excluding carboxylic acids is 1. The van der Waals surface area contributed by atoms with Crippen molar-refractivity contribution in [2.75, 3.05) is 18.5 Å². The van der Waals surface area contributed by atoms with Crippen LogP contribution in [0.25, 0.3) is 10.3 Å². The summed E-state index contributed by atoms with van der Waals surface area (Å²) in [6.07, 6.45) is 0.455. The van der Waals surface area contributed by atoms with Gasteiger partial charge in [-0.3, -0.25) is 15.5 Å². The van der Waals surface area contributed by atoms with E-state index in [1.165, 1.54) is 30.3 Å². The fraction of sp³-hybridized carbons (Fsp3) is 0.222. The number of aromatic nitrogens is 2. The molecule has 2 aromatic heterocycles. The number of ether oxygens (including phenoxy) is 1. The van der Waals surface area contributed by atoms with Crippen LogP contribution in [0.2, 0.25) is 0 Å². The van der Waals surface area contributed by atoms with E-state index in [9.17, 15) is 18.3 Å². The third-order valence-corrected chi connectivity index (χ3v) is 7.55. The van der Waals surface area contributed by atoms with Crippen LogP contribution in [0.15, 0.2) is 41.3 Å². The van der Waals surface area contributed by atoms with Crippen molar-refractivity contribution in [1.82, 2.24) is 9.97 Å². The molecule has 0 aliphatic carbocycles. The van der Waals surface area contributed by atoms with Crippen molar-refractivity contribution in [1.29, 1.82) is 5.41 Å². The molecule has 11 heteroatoms. The number of nitrogens with zero attached hydrogens (tertiary/aromatic N) is 2. The van der Waals surface area contributed by atoms with E-state index in [-0.39, 0.29) is 33.8 Å². The molecule has 1 aliphatic rings. The second kappa shape index (κ2) is 7.50. The Morgan fingerprint density at radius 1 is 1.21 bits per heavy atom. The van der Waals surface area contributed by atoms with Crippen LogP contribution in [-0.2, 0) is 19.4 Å². The smallest absolute Gasteiger partial charge is 0.275 e. The second-order valence-corrected chi connectivity index (χ2v) is 9.60. The highest BCUT2D eigenvalue weighted by molar-refractivity contribution is 7.92. The Kier molecular flexibility index (Phi) is 5.03. The maximum absolute atomic E-state index is 12.6. The summed E-state index contributed by atoms with van der Waals surface area (Å²) in [5.74, 6) is -0.834. The summed E-state index contributed by atoms with van der Waals surface area (Å²) < 4.78 is 30.3. The maximum atomic E-state index is 12.6. The van der Waals surface area contributed by atoms with E-state index in [1.54, 1.807) is 6.07 Å². The quantitative estimate of drug-likeness (QED) is 0.523. The number of fused-ring (bicyclic) bond motifs is 1. The Hall–Kier alpha value is -2.89. The summed E-state index contributed by atoms with van der Waals surface area (Å²) >= 11 is 1.07. The molecular formula is C18H16N4O5S2. The van der Waals surface area contributed by atoms with Crippen LogP contribution >= 0.6 is 11.3 Å². The van der Waals surface area contributed by atoms with Crippen molar-refractivity contribution >= 4 is 48.3 Å². The summed E-state index contributed by atoms with van der Waals surface area (Å²) in [5.41, 5.74) is 0.467. The molecule has 1 fully saturated rings. The lowest BCUT2D eigenvalue weighted by Gasteiger charge is -2.10. The third-order valence-electron chi connectivity index (χ3n) is 4.49. The van der Waals surface area contributed by atoms with E-state index in [0.717, 1.165) is 11.3 Å². The lowest BCUT2D eigenvalue weighted by molar-refractivity contribution is -0.110. The minimum atomic E-state index is -3.50. The highest BCUT2D eigenvalue weighted by Crippen LogP contribution is 2.26. The van der Waals surface area contributed by atoms with E-state index in [0.29, 0.717) is 23.4 Å². The summed E-state index contributed by atoms with van der Waals surface area (Å²) in [5, 5.41) is 19.7. The fourth-order valence-electron chi connectivity index (χ4n) is 2.91. The maximum Gasteiger partial charge on any atom is 0.275 e. The minimum Gasteiger partial charge on any atom is -0.493 e. The Balaban J connectivity index is 1.49. The van der Waals surface area contributed by atoms with Crippen molar-refractivity contribution in [3.05, 3.63) is 42.0 Å². The third kappa shape index (κ3) is 3.84. The summed E-state index contributed by atoms with van der Waals surface area (Å²) in [6.45, 7) is 0.602. The molecule has 0 spiro atoms. The highest BCUT2D eigenvalue weighted by atomic mass is 32.2. The molecule has 0 saturated carbocycles. The van der Waals surface area contributed by atoms with E-state index >= 15 is 0 Å². The number of sulfone groups is 1. The van der Waals surface area contributed by atoms with E-state index in [2.05, 4.69) is 15.3 Å². The SMILES string of the molecule is N=C(C(=O)Nc1nc2ccc(O)nc2s1)c1ccc(S(=O)(=O)[C@H]2CCOC2)cc1. The van der Waals surface area contributed by atoms with Gasteiger partial charge in [-0.15, -0.1) is 0 Å². The van der Waals surface area contributed by atoms with E-state index in [1.807, 2.05) is 0 Å². The number of carbonyl (C=O) groups is 1. The normalized spacial score (nSPS) is 16.8. The molecule has 150 valence electrons. The molecule has 4 rings (SSSR count). The lowest BCUT2D eigenvalue weighted by Crippen LogP contribution is -2.23. The molecule has 3 N–H and O–H groups in total. The van der Waals surface area contributed by atoms with Gasteiger partial charge in [0.25, 0.3) is 5.91 Å². The molecule has 29 heavy (non-hydrogen) atoms. The van der Waals surface area contributed by atoms with Gasteiger partial charge in [0, 0.05) is 18.2 Å². The number of benzene rings is 1. The van der Waals surface area contributed by atoms with Crippen molar-refractivity contribution in [3.8, 4) is 5.88 Å². The number of rotatable bonds is 5. The number of nitrogens with one attached hydrogen (secondary N) is 2. The first-order valence-corrected chi connectivity index (χ1v) is 11.0. The van der Waals surface area contributed by atoms with Gasteiger partial charge in [0.05, 0.1) is 16.8 Å². The Labute approximate surface area is 169 Å². The zero-order chi connectivity index (χ0) is 20.6. The van der Waals surface area contributed by atoms with Gasteiger partial charge in [-0.1, -0.05) is 23.5 Å². The molecular weight excluding hydrogens is 416 g/mol. The van der Waals surface area contributed by atoms with Crippen LogP contribution in [0.4, 0.5) is 5.13 Å². The number of pyridine rings is 1. The molecule has 1 aromatic carbocycles. The van der Waals surface area contributed by atoms with Gasteiger partial charge >= 0.3 is 0 Å². The van der Waals surface area contributed by atoms with E-state index < -0.39 is 21.0 Å². The molecule has 9 nitrogen and oxygen atoms in total. The van der Waals surface area contributed by atoms with Gasteiger partial charge < -0.3 is 9.84 Å². The Morgan fingerprint density at radius 2 is 1.97 bits per heavy atom. The van der Waals surface area contributed by atoms with Gasteiger partial charge in [0.1, 0.15) is 16.1 Å². The number of anilines is 1. The van der Waals surface area contributed by atoms with Crippen molar-refractivity contribution < 1.29 is 23.1 Å². The first kappa shape index (κ1) is 19.4.